The smallest absolute Gasteiger partial charge is 0.236 e. The van der Waals surface area contributed by atoms with Crippen LogP contribution < -0.4 is 0 Å². The minimum Gasteiger partial charge on any atom is -0.396 e. The molecule has 1 rings (SSSR count). The maximum absolute atomic E-state index is 11.4. The minimum absolute atomic E-state index is 0.0518. The van der Waals surface area contributed by atoms with E-state index in [4.69, 9.17) is 15.5 Å². The lowest BCUT2D eigenvalue weighted by molar-refractivity contribution is -0.133. The number of nitriles is 1. The van der Waals surface area contributed by atoms with Crippen molar-refractivity contribution in [3.63, 3.8) is 0 Å². The van der Waals surface area contributed by atoms with Gasteiger partial charge < -0.3 is 15.1 Å². The second kappa shape index (κ2) is 5.10. The number of rotatable bonds is 3. The van der Waals surface area contributed by atoms with Crippen molar-refractivity contribution in [2.24, 2.45) is 5.41 Å². The Kier molecular flexibility index (Phi) is 4.06. The summed E-state index contributed by atoms with van der Waals surface area (Å²) in [5, 5.41) is 26.7. The molecule has 0 aromatic heterocycles. The van der Waals surface area contributed by atoms with Crippen molar-refractivity contribution in [1.29, 1.82) is 5.26 Å². The Morgan fingerprint density at radius 2 is 1.87 bits per heavy atom. The monoisotopic (exact) mass is 212 g/mol. The van der Waals surface area contributed by atoms with Gasteiger partial charge in [0.25, 0.3) is 0 Å². The molecule has 0 atom stereocenters. The molecule has 1 saturated heterocycles. The van der Waals surface area contributed by atoms with Crippen molar-refractivity contribution in [3.05, 3.63) is 0 Å². The highest BCUT2D eigenvalue weighted by Gasteiger charge is 2.34. The van der Waals surface area contributed by atoms with Gasteiger partial charge in [-0.05, 0) is 12.8 Å². The molecule has 1 fully saturated rings. The average Bonchev–Trinajstić information content (AvgIpc) is 2.29. The molecule has 0 saturated carbocycles. The Balaban J connectivity index is 2.48. The Hall–Kier alpha value is -1.12. The predicted octanol–water partition coefficient (Wildman–Crippen LogP) is -0.507. The Morgan fingerprint density at radius 1 is 1.33 bits per heavy atom. The summed E-state index contributed by atoms with van der Waals surface area (Å²) in [4.78, 5) is 13.0. The molecule has 5 nitrogen and oxygen atoms in total. The first-order chi connectivity index (χ1) is 7.17. The van der Waals surface area contributed by atoms with Crippen LogP contribution in [-0.2, 0) is 4.79 Å². The van der Waals surface area contributed by atoms with E-state index in [1.54, 1.807) is 4.90 Å². The molecule has 15 heavy (non-hydrogen) atoms. The molecule has 0 aromatic carbocycles. The summed E-state index contributed by atoms with van der Waals surface area (Å²) in [5.41, 5.74) is -0.441. The van der Waals surface area contributed by atoms with E-state index in [0.717, 1.165) is 0 Å². The number of hydrogen-bond acceptors (Lipinski definition) is 4. The fourth-order valence-corrected chi connectivity index (χ4v) is 1.78. The number of carbonyl (C=O) groups is 1. The molecular formula is C10H16N2O3. The van der Waals surface area contributed by atoms with Gasteiger partial charge in [0.15, 0.2) is 0 Å². The number of amides is 1. The Morgan fingerprint density at radius 3 is 2.27 bits per heavy atom. The van der Waals surface area contributed by atoms with Crippen LogP contribution in [0.5, 0.6) is 0 Å². The average molecular weight is 212 g/mol. The van der Waals surface area contributed by atoms with Gasteiger partial charge in [-0.1, -0.05) is 0 Å². The van der Waals surface area contributed by atoms with Crippen molar-refractivity contribution in [2.45, 2.75) is 19.3 Å². The highest BCUT2D eigenvalue weighted by atomic mass is 16.3. The van der Waals surface area contributed by atoms with E-state index in [-0.39, 0.29) is 25.5 Å². The van der Waals surface area contributed by atoms with Crippen molar-refractivity contribution < 1.29 is 15.0 Å². The van der Waals surface area contributed by atoms with Gasteiger partial charge >= 0.3 is 0 Å². The Labute approximate surface area is 88.9 Å². The SMILES string of the molecule is N#CCC(=O)N1CCC(CO)(CO)CC1. The molecule has 5 heteroatoms. The van der Waals surface area contributed by atoms with Gasteiger partial charge in [0, 0.05) is 18.5 Å². The summed E-state index contributed by atoms with van der Waals surface area (Å²) in [6.45, 7) is 0.927. The van der Waals surface area contributed by atoms with E-state index in [0.29, 0.717) is 25.9 Å². The first kappa shape index (κ1) is 12.0. The van der Waals surface area contributed by atoms with Gasteiger partial charge in [0.2, 0.25) is 5.91 Å². The first-order valence-corrected chi connectivity index (χ1v) is 5.04. The van der Waals surface area contributed by atoms with Gasteiger partial charge in [-0.15, -0.1) is 0 Å². The van der Waals surface area contributed by atoms with Crippen LogP contribution >= 0.6 is 0 Å². The Bertz CT molecular complexity index is 258. The van der Waals surface area contributed by atoms with Crippen LogP contribution in [0, 0.1) is 16.7 Å². The number of aliphatic hydroxyl groups is 2. The van der Waals surface area contributed by atoms with Crippen molar-refractivity contribution >= 4 is 5.91 Å². The van der Waals surface area contributed by atoms with Crippen molar-refractivity contribution in [3.8, 4) is 6.07 Å². The molecule has 0 unspecified atom stereocenters. The highest BCUT2D eigenvalue weighted by molar-refractivity contribution is 5.78. The molecule has 0 spiro atoms. The van der Waals surface area contributed by atoms with Crippen LogP contribution in [0.2, 0.25) is 0 Å². The van der Waals surface area contributed by atoms with E-state index in [1.165, 1.54) is 0 Å². The third-order valence-corrected chi connectivity index (χ3v) is 3.08. The van der Waals surface area contributed by atoms with E-state index in [1.807, 2.05) is 6.07 Å². The topological polar surface area (TPSA) is 84.6 Å². The molecule has 1 aliphatic heterocycles. The van der Waals surface area contributed by atoms with Gasteiger partial charge in [0.1, 0.15) is 6.42 Å². The lowest BCUT2D eigenvalue weighted by Crippen LogP contribution is -2.46. The van der Waals surface area contributed by atoms with E-state index < -0.39 is 5.41 Å². The van der Waals surface area contributed by atoms with Crippen molar-refractivity contribution in [1.82, 2.24) is 4.90 Å². The minimum atomic E-state index is -0.441. The van der Waals surface area contributed by atoms with Crippen LogP contribution in [0.3, 0.4) is 0 Å². The van der Waals surface area contributed by atoms with Crippen LogP contribution in [0.15, 0.2) is 0 Å². The number of likely N-dealkylation sites (tertiary alicyclic amines) is 1. The van der Waals surface area contributed by atoms with Crippen LogP contribution in [0.4, 0.5) is 0 Å². The molecule has 0 radical (unpaired) electrons. The summed E-state index contributed by atoms with van der Waals surface area (Å²) < 4.78 is 0. The largest absolute Gasteiger partial charge is 0.396 e. The molecule has 84 valence electrons. The lowest BCUT2D eigenvalue weighted by atomic mass is 9.80. The molecular weight excluding hydrogens is 196 g/mol. The van der Waals surface area contributed by atoms with Gasteiger partial charge in [0.05, 0.1) is 19.3 Å². The number of hydrogen-bond donors (Lipinski definition) is 2. The van der Waals surface area contributed by atoms with Gasteiger partial charge in [-0.3, -0.25) is 4.79 Å². The van der Waals surface area contributed by atoms with E-state index >= 15 is 0 Å². The molecule has 1 amide bonds. The number of carbonyl (C=O) groups excluding carboxylic acids is 1. The number of aliphatic hydroxyl groups excluding tert-OH is 2. The number of piperidine rings is 1. The van der Waals surface area contributed by atoms with Crippen LogP contribution in [0.1, 0.15) is 19.3 Å². The zero-order chi connectivity index (χ0) is 11.3. The van der Waals surface area contributed by atoms with Gasteiger partial charge in [-0.2, -0.15) is 5.26 Å². The first-order valence-electron chi connectivity index (χ1n) is 5.04. The van der Waals surface area contributed by atoms with E-state index in [2.05, 4.69) is 0 Å². The standard InChI is InChI=1S/C10H16N2O3/c11-4-1-9(15)12-5-2-10(7-13,8-14)3-6-12/h13-14H,1-3,5-8H2. The summed E-state index contributed by atoms with van der Waals surface area (Å²) in [6, 6.07) is 1.82. The van der Waals surface area contributed by atoms with Crippen molar-refractivity contribution in [2.75, 3.05) is 26.3 Å². The highest BCUT2D eigenvalue weighted by Crippen LogP contribution is 2.30. The molecule has 2 N–H and O–H groups in total. The lowest BCUT2D eigenvalue weighted by Gasteiger charge is -2.39. The van der Waals surface area contributed by atoms with Gasteiger partial charge in [-0.25, -0.2) is 0 Å². The maximum atomic E-state index is 11.4. The predicted molar refractivity (Wildman–Crippen MR) is 52.6 cm³/mol. The summed E-state index contributed by atoms with van der Waals surface area (Å²) in [7, 11) is 0. The zero-order valence-electron chi connectivity index (χ0n) is 8.65. The third-order valence-electron chi connectivity index (χ3n) is 3.08. The molecule has 1 heterocycles. The zero-order valence-corrected chi connectivity index (χ0v) is 8.65. The fourth-order valence-electron chi connectivity index (χ4n) is 1.78. The summed E-state index contributed by atoms with van der Waals surface area (Å²) >= 11 is 0. The van der Waals surface area contributed by atoms with Crippen LogP contribution in [-0.4, -0.2) is 47.3 Å². The van der Waals surface area contributed by atoms with E-state index in [9.17, 15) is 4.79 Å². The second-order valence-corrected chi connectivity index (χ2v) is 4.03. The molecule has 1 aliphatic rings. The second-order valence-electron chi connectivity index (χ2n) is 4.03. The molecule has 0 aliphatic carbocycles. The number of nitrogens with zero attached hydrogens (tertiary/aromatic N) is 2. The summed E-state index contributed by atoms with van der Waals surface area (Å²) in [5.74, 6) is -0.165. The fraction of sp³-hybridized carbons (Fsp3) is 0.800. The van der Waals surface area contributed by atoms with Crippen LogP contribution in [0.25, 0.3) is 0 Å². The summed E-state index contributed by atoms with van der Waals surface area (Å²) in [6.07, 6.45) is 1.10. The maximum Gasteiger partial charge on any atom is 0.236 e. The molecule has 0 bridgehead atoms. The quantitative estimate of drug-likeness (QED) is 0.660. The normalized spacial score (nSPS) is 19.7. The molecule has 0 aromatic rings. The third kappa shape index (κ3) is 2.67.